The third kappa shape index (κ3) is 8.83. The number of sulfonamides is 1. The van der Waals surface area contributed by atoms with E-state index in [1.807, 2.05) is 70.2 Å². The molecule has 0 aliphatic rings. The largest absolute Gasteiger partial charge is 0.354 e. The molecule has 0 aliphatic heterocycles. The van der Waals surface area contributed by atoms with E-state index < -0.39 is 28.5 Å². The smallest absolute Gasteiger partial charge is 0.244 e. The van der Waals surface area contributed by atoms with Crippen molar-refractivity contribution >= 4 is 39.1 Å². The van der Waals surface area contributed by atoms with Crippen molar-refractivity contribution in [3.63, 3.8) is 0 Å². The molecule has 0 unspecified atom stereocenters. The molecule has 0 bridgehead atoms. The molecule has 2 amide bonds. The van der Waals surface area contributed by atoms with E-state index in [1.54, 1.807) is 30.3 Å². The van der Waals surface area contributed by atoms with Gasteiger partial charge in [-0.05, 0) is 66.3 Å². The lowest BCUT2D eigenvalue weighted by Crippen LogP contribution is -2.53. The number of amides is 2. The molecule has 1 atom stereocenters. The average Bonchev–Trinajstić information content (AvgIpc) is 2.89. The first-order valence-corrected chi connectivity index (χ1v) is 15.5. The van der Waals surface area contributed by atoms with Crippen molar-refractivity contribution in [2.45, 2.75) is 46.7 Å². The second-order valence-electron chi connectivity index (χ2n) is 10.5. The van der Waals surface area contributed by atoms with Crippen LogP contribution in [-0.2, 0) is 32.6 Å². The fourth-order valence-corrected chi connectivity index (χ4v) is 5.36. The molecule has 0 fully saturated rings. The molecule has 0 aliphatic carbocycles. The predicted octanol–water partition coefficient (Wildman–Crippen LogP) is 5.14. The van der Waals surface area contributed by atoms with Gasteiger partial charge in [0.2, 0.25) is 21.8 Å². The summed E-state index contributed by atoms with van der Waals surface area (Å²) < 4.78 is 26.9. The van der Waals surface area contributed by atoms with Gasteiger partial charge >= 0.3 is 0 Å². The standard InChI is InChI=1S/C31H38ClN3O4S/c1-22(2)19-33-31(37)29(18-25-10-7-6-8-11-25)34(20-26-12-9-13-27(32)17-26)30(36)21-35(40(5,38)39)28-15-14-23(3)24(4)16-28/h6-17,22,29H,18-21H2,1-5H3,(H,33,37)/t29-/m0/s1. The number of carbonyl (C=O) groups is 2. The van der Waals surface area contributed by atoms with E-state index in [9.17, 15) is 18.0 Å². The summed E-state index contributed by atoms with van der Waals surface area (Å²) in [6.07, 6.45) is 1.34. The monoisotopic (exact) mass is 583 g/mol. The van der Waals surface area contributed by atoms with Gasteiger partial charge in [-0.25, -0.2) is 8.42 Å². The first-order valence-electron chi connectivity index (χ1n) is 13.3. The number of halogens is 1. The van der Waals surface area contributed by atoms with Crippen molar-refractivity contribution in [3.8, 4) is 0 Å². The first-order chi connectivity index (χ1) is 18.8. The van der Waals surface area contributed by atoms with E-state index in [2.05, 4.69) is 5.32 Å². The predicted molar refractivity (Wildman–Crippen MR) is 162 cm³/mol. The minimum absolute atomic E-state index is 0.0799. The zero-order chi connectivity index (χ0) is 29.4. The molecule has 7 nitrogen and oxygen atoms in total. The van der Waals surface area contributed by atoms with Gasteiger partial charge in [0.05, 0.1) is 11.9 Å². The van der Waals surface area contributed by atoms with Gasteiger partial charge < -0.3 is 10.2 Å². The molecular formula is C31H38ClN3O4S. The molecule has 0 heterocycles. The number of aryl methyl sites for hydroxylation is 2. The van der Waals surface area contributed by atoms with E-state index in [0.717, 1.165) is 32.8 Å². The lowest BCUT2D eigenvalue weighted by atomic mass is 10.0. The summed E-state index contributed by atoms with van der Waals surface area (Å²) in [5, 5.41) is 3.47. The summed E-state index contributed by atoms with van der Waals surface area (Å²) in [5.74, 6) is -0.585. The maximum absolute atomic E-state index is 14.1. The lowest BCUT2D eigenvalue weighted by Gasteiger charge is -2.33. The molecular weight excluding hydrogens is 546 g/mol. The van der Waals surface area contributed by atoms with Gasteiger partial charge in [-0.15, -0.1) is 0 Å². The van der Waals surface area contributed by atoms with E-state index in [1.165, 1.54) is 4.90 Å². The number of hydrogen-bond acceptors (Lipinski definition) is 4. The highest BCUT2D eigenvalue weighted by Gasteiger charge is 2.33. The van der Waals surface area contributed by atoms with Crippen LogP contribution in [0.3, 0.4) is 0 Å². The van der Waals surface area contributed by atoms with Crippen LogP contribution in [0.25, 0.3) is 0 Å². The number of nitrogens with one attached hydrogen (secondary N) is 1. The Morgan fingerprint density at radius 2 is 1.57 bits per heavy atom. The Kier molecular flexibility index (Phi) is 10.8. The number of benzene rings is 3. The molecule has 0 spiro atoms. The number of anilines is 1. The van der Waals surface area contributed by atoms with Crippen molar-refractivity contribution in [1.29, 1.82) is 0 Å². The van der Waals surface area contributed by atoms with Crippen LogP contribution in [0.5, 0.6) is 0 Å². The van der Waals surface area contributed by atoms with Crippen LogP contribution in [0.2, 0.25) is 5.02 Å². The zero-order valence-electron chi connectivity index (χ0n) is 23.7. The topological polar surface area (TPSA) is 86.8 Å². The van der Waals surface area contributed by atoms with Crippen LogP contribution in [0, 0.1) is 19.8 Å². The molecule has 0 aromatic heterocycles. The molecule has 3 aromatic carbocycles. The maximum Gasteiger partial charge on any atom is 0.244 e. The third-order valence-electron chi connectivity index (χ3n) is 6.66. The highest BCUT2D eigenvalue weighted by Crippen LogP contribution is 2.23. The molecule has 0 saturated heterocycles. The van der Waals surface area contributed by atoms with Crippen molar-refractivity contribution in [3.05, 3.63) is 100 Å². The summed E-state index contributed by atoms with van der Waals surface area (Å²) in [7, 11) is -3.82. The highest BCUT2D eigenvalue weighted by atomic mass is 35.5. The Bertz CT molecular complexity index is 1430. The summed E-state index contributed by atoms with van der Waals surface area (Å²) >= 11 is 6.25. The van der Waals surface area contributed by atoms with Gasteiger partial charge in [-0.2, -0.15) is 0 Å². The summed E-state index contributed by atoms with van der Waals surface area (Å²) in [6.45, 7) is 7.89. The second-order valence-corrected chi connectivity index (χ2v) is 12.9. The van der Waals surface area contributed by atoms with Crippen LogP contribution in [0.15, 0.2) is 72.8 Å². The number of carbonyl (C=O) groups excluding carboxylic acids is 2. The normalized spacial score (nSPS) is 12.2. The molecule has 3 aromatic rings. The molecule has 0 radical (unpaired) electrons. The van der Waals surface area contributed by atoms with Crippen LogP contribution in [0.1, 0.15) is 36.1 Å². The van der Waals surface area contributed by atoms with Crippen LogP contribution >= 0.6 is 11.6 Å². The number of nitrogens with zero attached hydrogens (tertiary/aromatic N) is 2. The Morgan fingerprint density at radius 3 is 2.17 bits per heavy atom. The fourth-order valence-electron chi connectivity index (χ4n) is 4.30. The molecule has 1 N–H and O–H groups in total. The molecule has 3 rings (SSSR count). The van der Waals surface area contributed by atoms with Crippen LogP contribution < -0.4 is 9.62 Å². The fraction of sp³-hybridized carbons (Fsp3) is 0.355. The Morgan fingerprint density at radius 1 is 0.900 bits per heavy atom. The van der Waals surface area contributed by atoms with E-state index in [-0.39, 0.29) is 24.8 Å². The van der Waals surface area contributed by atoms with Crippen molar-refractivity contribution < 1.29 is 18.0 Å². The Labute approximate surface area is 243 Å². The van der Waals surface area contributed by atoms with Gasteiger partial charge in [-0.3, -0.25) is 13.9 Å². The quantitative estimate of drug-likeness (QED) is 0.320. The van der Waals surface area contributed by atoms with Gasteiger partial charge in [0, 0.05) is 24.5 Å². The third-order valence-corrected chi connectivity index (χ3v) is 8.03. The summed E-state index contributed by atoms with van der Waals surface area (Å²) in [5.41, 5.74) is 3.92. The van der Waals surface area contributed by atoms with Crippen LogP contribution in [0.4, 0.5) is 5.69 Å². The second kappa shape index (κ2) is 13.8. The van der Waals surface area contributed by atoms with Gasteiger partial charge in [0.25, 0.3) is 0 Å². The lowest BCUT2D eigenvalue weighted by molar-refractivity contribution is -0.140. The van der Waals surface area contributed by atoms with Crippen molar-refractivity contribution in [2.75, 3.05) is 23.7 Å². The Balaban J connectivity index is 2.06. The van der Waals surface area contributed by atoms with E-state index in [4.69, 9.17) is 11.6 Å². The average molecular weight is 584 g/mol. The minimum Gasteiger partial charge on any atom is -0.354 e. The Hall–Kier alpha value is -3.36. The summed E-state index contributed by atoms with van der Waals surface area (Å²) in [4.78, 5) is 29.2. The van der Waals surface area contributed by atoms with Crippen LogP contribution in [-0.4, -0.2) is 50.5 Å². The molecule has 40 heavy (non-hydrogen) atoms. The van der Waals surface area contributed by atoms with E-state index in [0.29, 0.717) is 17.3 Å². The highest BCUT2D eigenvalue weighted by molar-refractivity contribution is 7.92. The molecule has 9 heteroatoms. The van der Waals surface area contributed by atoms with Crippen molar-refractivity contribution in [1.82, 2.24) is 10.2 Å². The van der Waals surface area contributed by atoms with Crippen molar-refractivity contribution in [2.24, 2.45) is 5.92 Å². The minimum atomic E-state index is -3.82. The summed E-state index contributed by atoms with van der Waals surface area (Å²) in [6, 6.07) is 20.9. The van der Waals surface area contributed by atoms with E-state index >= 15 is 0 Å². The number of rotatable bonds is 12. The van der Waals surface area contributed by atoms with Gasteiger partial charge in [-0.1, -0.05) is 74.0 Å². The molecule has 0 saturated carbocycles. The zero-order valence-corrected chi connectivity index (χ0v) is 25.3. The number of hydrogen-bond donors (Lipinski definition) is 1. The maximum atomic E-state index is 14.1. The first kappa shape index (κ1) is 31.2. The van der Waals surface area contributed by atoms with Gasteiger partial charge in [0.1, 0.15) is 12.6 Å². The molecule has 214 valence electrons. The van der Waals surface area contributed by atoms with Gasteiger partial charge in [0.15, 0.2) is 0 Å². The SMILES string of the molecule is Cc1ccc(N(CC(=O)N(Cc2cccc(Cl)c2)[C@@H](Cc2ccccc2)C(=O)NCC(C)C)S(C)(=O)=O)cc1C.